The first-order valence-electron chi connectivity index (χ1n) is 6.35. The normalized spacial score (nSPS) is 12.9. The molecule has 2 aromatic rings. The zero-order chi connectivity index (χ0) is 14.1. The van der Waals surface area contributed by atoms with E-state index in [1.165, 1.54) is 0 Å². The Bertz CT molecular complexity index is 679. The maximum atomic E-state index is 9.62. The van der Waals surface area contributed by atoms with Crippen LogP contribution in [0, 0.1) is 11.3 Å². The van der Waals surface area contributed by atoms with Gasteiger partial charge in [0.1, 0.15) is 0 Å². The molecule has 0 aromatic heterocycles. The summed E-state index contributed by atoms with van der Waals surface area (Å²) in [5.74, 6) is 0. The van der Waals surface area contributed by atoms with Crippen LogP contribution < -0.4 is 10.4 Å². The first-order chi connectivity index (χ1) is 9.69. The number of hydrogen-bond donors (Lipinski definition) is 1. The van der Waals surface area contributed by atoms with Crippen molar-refractivity contribution in [1.82, 2.24) is 0 Å². The van der Waals surface area contributed by atoms with Crippen LogP contribution in [-0.2, 0) is 11.3 Å². The average molecular weight is 264 g/mol. The van der Waals surface area contributed by atoms with Crippen LogP contribution in [0.15, 0.2) is 42.5 Å². The Morgan fingerprint density at radius 2 is 1.90 bits per heavy atom. The summed E-state index contributed by atoms with van der Waals surface area (Å²) >= 11 is 0. The Morgan fingerprint density at radius 1 is 1.20 bits per heavy atom. The van der Waals surface area contributed by atoms with Gasteiger partial charge in [-0.1, -0.05) is 6.07 Å². The highest BCUT2D eigenvalue weighted by atomic mass is 16.5. The highest BCUT2D eigenvalue weighted by molar-refractivity contribution is 6.61. The van der Waals surface area contributed by atoms with Crippen molar-refractivity contribution >= 4 is 24.0 Å². The first kappa shape index (κ1) is 12.7. The van der Waals surface area contributed by atoms with Crippen LogP contribution in [0.3, 0.4) is 0 Å². The molecule has 2 aromatic carbocycles. The quantitative estimate of drug-likeness (QED) is 0.836. The predicted molar refractivity (Wildman–Crippen MR) is 78.1 cm³/mol. The standard InChI is InChI=1S/C15H13BN2O2/c1-18(13-4-2-11(9-17)3-5-13)14-6-7-15-12(8-14)10-20-16(15)19/h2-8,19H,10H2,1H3. The third-order valence-corrected chi connectivity index (χ3v) is 3.56. The Kier molecular flexibility index (Phi) is 3.19. The van der Waals surface area contributed by atoms with Gasteiger partial charge in [0.15, 0.2) is 0 Å². The minimum Gasteiger partial charge on any atom is -0.423 e. The summed E-state index contributed by atoms with van der Waals surface area (Å²) in [4.78, 5) is 2.03. The zero-order valence-corrected chi connectivity index (χ0v) is 11.1. The van der Waals surface area contributed by atoms with Crippen molar-refractivity contribution < 1.29 is 9.68 Å². The summed E-state index contributed by atoms with van der Waals surface area (Å²) < 4.78 is 5.19. The van der Waals surface area contributed by atoms with Crippen molar-refractivity contribution in [3.05, 3.63) is 53.6 Å². The second kappa shape index (κ2) is 5.01. The van der Waals surface area contributed by atoms with Crippen LogP contribution in [0.2, 0.25) is 0 Å². The third-order valence-electron chi connectivity index (χ3n) is 3.56. The van der Waals surface area contributed by atoms with E-state index in [9.17, 15) is 5.02 Å². The van der Waals surface area contributed by atoms with Gasteiger partial charge in [0.25, 0.3) is 0 Å². The van der Waals surface area contributed by atoms with Gasteiger partial charge in [-0.15, -0.1) is 0 Å². The van der Waals surface area contributed by atoms with Gasteiger partial charge in [-0.2, -0.15) is 5.26 Å². The molecular weight excluding hydrogens is 251 g/mol. The molecule has 0 saturated carbocycles. The van der Waals surface area contributed by atoms with Crippen LogP contribution in [0.4, 0.5) is 11.4 Å². The molecule has 5 heteroatoms. The van der Waals surface area contributed by atoms with Gasteiger partial charge in [-0.25, -0.2) is 0 Å². The second-order valence-corrected chi connectivity index (χ2v) is 4.76. The van der Waals surface area contributed by atoms with Crippen LogP contribution in [0.1, 0.15) is 11.1 Å². The van der Waals surface area contributed by atoms with E-state index in [4.69, 9.17) is 9.92 Å². The summed E-state index contributed by atoms with van der Waals surface area (Å²) in [6, 6.07) is 15.4. The smallest absolute Gasteiger partial charge is 0.423 e. The summed E-state index contributed by atoms with van der Waals surface area (Å²) in [7, 11) is 1.16. The first-order valence-corrected chi connectivity index (χ1v) is 6.35. The molecule has 1 aliphatic rings. The van der Waals surface area contributed by atoms with Gasteiger partial charge in [0.05, 0.1) is 18.2 Å². The van der Waals surface area contributed by atoms with Crippen molar-refractivity contribution in [1.29, 1.82) is 5.26 Å². The Hall–Kier alpha value is -2.29. The van der Waals surface area contributed by atoms with Crippen molar-refractivity contribution in [2.45, 2.75) is 6.61 Å². The summed E-state index contributed by atoms with van der Waals surface area (Å²) in [5.41, 5.74) is 4.51. The van der Waals surface area contributed by atoms with Gasteiger partial charge in [-0.3, -0.25) is 0 Å². The van der Waals surface area contributed by atoms with Crippen LogP contribution >= 0.6 is 0 Å². The molecular formula is C15H13BN2O2. The van der Waals surface area contributed by atoms with E-state index in [1.54, 1.807) is 12.1 Å². The molecule has 0 atom stereocenters. The van der Waals surface area contributed by atoms with Gasteiger partial charge in [0, 0.05) is 18.4 Å². The maximum absolute atomic E-state index is 9.62. The van der Waals surface area contributed by atoms with E-state index in [0.717, 1.165) is 22.4 Å². The third kappa shape index (κ3) is 2.16. The molecule has 1 heterocycles. The minimum atomic E-state index is -0.806. The van der Waals surface area contributed by atoms with Gasteiger partial charge < -0.3 is 14.6 Å². The zero-order valence-electron chi connectivity index (χ0n) is 11.1. The van der Waals surface area contributed by atoms with Crippen LogP contribution in [0.5, 0.6) is 0 Å². The molecule has 0 amide bonds. The Balaban J connectivity index is 1.90. The van der Waals surface area contributed by atoms with E-state index < -0.39 is 7.12 Å². The molecule has 0 unspecified atom stereocenters. The highest BCUT2D eigenvalue weighted by Crippen LogP contribution is 2.25. The largest absolute Gasteiger partial charge is 0.491 e. The van der Waals surface area contributed by atoms with E-state index >= 15 is 0 Å². The molecule has 0 radical (unpaired) electrons. The van der Waals surface area contributed by atoms with Crippen molar-refractivity contribution in [2.75, 3.05) is 11.9 Å². The summed E-state index contributed by atoms with van der Waals surface area (Å²) in [6.07, 6.45) is 0. The fourth-order valence-corrected chi connectivity index (χ4v) is 2.33. The highest BCUT2D eigenvalue weighted by Gasteiger charge is 2.27. The number of hydrogen-bond acceptors (Lipinski definition) is 4. The molecule has 20 heavy (non-hydrogen) atoms. The average Bonchev–Trinajstić information content (AvgIpc) is 2.87. The van der Waals surface area contributed by atoms with Gasteiger partial charge >= 0.3 is 7.12 Å². The lowest BCUT2D eigenvalue weighted by Gasteiger charge is -2.20. The minimum absolute atomic E-state index is 0.436. The molecule has 98 valence electrons. The van der Waals surface area contributed by atoms with E-state index in [1.807, 2.05) is 42.3 Å². The lowest BCUT2D eigenvalue weighted by Crippen LogP contribution is -2.28. The summed E-state index contributed by atoms with van der Waals surface area (Å²) in [6.45, 7) is 0.436. The molecule has 3 rings (SSSR count). The fraction of sp³-hybridized carbons (Fsp3) is 0.133. The predicted octanol–water partition coefficient (Wildman–Crippen LogP) is 1.54. The van der Waals surface area contributed by atoms with Gasteiger partial charge in [-0.05, 0) is 47.4 Å². The molecule has 1 aliphatic heterocycles. The van der Waals surface area contributed by atoms with Crippen molar-refractivity contribution in [3.63, 3.8) is 0 Å². The number of benzene rings is 2. The lowest BCUT2D eigenvalue weighted by molar-refractivity contribution is 0.275. The second-order valence-electron chi connectivity index (χ2n) is 4.76. The molecule has 4 nitrogen and oxygen atoms in total. The molecule has 0 fully saturated rings. The SMILES string of the molecule is CN(c1ccc(C#N)cc1)c1ccc2c(c1)COB2O. The Morgan fingerprint density at radius 3 is 2.60 bits per heavy atom. The van der Waals surface area contributed by atoms with Gasteiger partial charge in [0.2, 0.25) is 0 Å². The maximum Gasteiger partial charge on any atom is 0.491 e. The Labute approximate surface area is 118 Å². The molecule has 0 saturated heterocycles. The van der Waals surface area contributed by atoms with Crippen LogP contribution in [0.25, 0.3) is 0 Å². The fourth-order valence-electron chi connectivity index (χ4n) is 2.33. The van der Waals surface area contributed by atoms with E-state index in [0.29, 0.717) is 12.2 Å². The molecule has 0 spiro atoms. The number of fused-ring (bicyclic) bond motifs is 1. The molecule has 0 bridgehead atoms. The lowest BCUT2D eigenvalue weighted by atomic mass is 9.79. The number of rotatable bonds is 2. The number of nitriles is 1. The summed E-state index contributed by atoms with van der Waals surface area (Å²) in [5, 5.41) is 18.4. The number of anilines is 2. The molecule has 0 aliphatic carbocycles. The number of nitrogens with zero attached hydrogens (tertiary/aromatic N) is 2. The van der Waals surface area contributed by atoms with E-state index in [-0.39, 0.29) is 0 Å². The van der Waals surface area contributed by atoms with E-state index in [2.05, 4.69) is 6.07 Å². The van der Waals surface area contributed by atoms with Crippen LogP contribution in [-0.4, -0.2) is 19.2 Å². The monoisotopic (exact) mass is 264 g/mol. The van der Waals surface area contributed by atoms with Crippen molar-refractivity contribution in [3.8, 4) is 6.07 Å². The topological polar surface area (TPSA) is 56.5 Å². The van der Waals surface area contributed by atoms with Crippen molar-refractivity contribution in [2.24, 2.45) is 0 Å². The molecule has 1 N–H and O–H groups in total.